The molecular weight excluding hydrogens is 224 g/mol. The van der Waals surface area contributed by atoms with Crippen LogP contribution in [0.15, 0.2) is 24.3 Å². The lowest BCUT2D eigenvalue weighted by molar-refractivity contribution is 0.159. The number of likely N-dealkylation sites (tertiary alicyclic amines) is 1. The standard InChI is InChI=1S/C15H24N2O/c1-17-10-7-13(8-11-17)12-18-15-5-3-2-4-14(15)6-9-16/h2-5,13H,6-12,16H2,1H3. The fourth-order valence-corrected chi connectivity index (χ4v) is 2.44. The van der Waals surface area contributed by atoms with Crippen LogP contribution in [0.25, 0.3) is 0 Å². The first kappa shape index (κ1) is 13.4. The van der Waals surface area contributed by atoms with Gasteiger partial charge in [-0.05, 0) is 63.5 Å². The van der Waals surface area contributed by atoms with Gasteiger partial charge in [0.2, 0.25) is 0 Å². The van der Waals surface area contributed by atoms with Crippen molar-refractivity contribution in [1.82, 2.24) is 4.90 Å². The summed E-state index contributed by atoms with van der Waals surface area (Å²) in [6.07, 6.45) is 3.38. The summed E-state index contributed by atoms with van der Waals surface area (Å²) in [5, 5.41) is 0. The highest BCUT2D eigenvalue weighted by molar-refractivity contribution is 5.33. The van der Waals surface area contributed by atoms with Crippen molar-refractivity contribution in [1.29, 1.82) is 0 Å². The molecule has 3 nitrogen and oxygen atoms in total. The molecule has 1 saturated heterocycles. The number of ether oxygens (including phenoxy) is 1. The third-order valence-corrected chi connectivity index (χ3v) is 3.70. The normalized spacial score (nSPS) is 17.9. The molecule has 0 unspecified atom stereocenters. The summed E-state index contributed by atoms with van der Waals surface area (Å²) < 4.78 is 5.99. The zero-order valence-corrected chi connectivity index (χ0v) is 11.3. The molecule has 1 aliphatic heterocycles. The lowest BCUT2D eigenvalue weighted by atomic mass is 9.98. The van der Waals surface area contributed by atoms with Crippen LogP contribution in [0.5, 0.6) is 5.75 Å². The minimum Gasteiger partial charge on any atom is -0.493 e. The monoisotopic (exact) mass is 248 g/mol. The van der Waals surface area contributed by atoms with Gasteiger partial charge in [0.05, 0.1) is 6.61 Å². The summed E-state index contributed by atoms with van der Waals surface area (Å²) in [6, 6.07) is 8.24. The molecule has 0 spiro atoms. The van der Waals surface area contributed by atoms with Crippen LogP contribution >= 0.6 is 0 Å². The molecular formula is C15H24N2O. The number of benzene rings is 1. The molecule has 1 heterocycles. The quantitative estimate of drug-likeness (QED) is 0.865. The lowest BCUT2D eigenvalue weighted by Gasteiger charge is -2.29. The number of rotatable bonds is 5. The van der Waals surface area contributed by atoms with Crippen molar-refractivity contribution in [3.63, 3.8) is 0 Å². The lowest BCUT2D eigenvalue weighted by Crippen LogP contribution is -2.32. The first-order valence-electron chi connectivity index (χ1n) is 6.89. The first-order valence-corrected chi connectivity index (χ1v) is 6.89. The van der Waals surface area contributed by atoms with Crippen LogP contribution in [-0.4, -0.2) is 38.2 Å². The van der Waals surface area contributed by atoms with Gasteiger partial charge in [-0.1, -0.05) is 18.2 Å². The highest BCUT2D eigenvalue weighted by Gasteiger charge is 2.17. The van der Waals surface area contributed by atoms with E-state index in [4.69, 9.17) is 10.5 Å². The molecule has 0 aromatic heterocycles. The number of nitrogens with zero attached hydrogens (tertiary/aromatic N) is 1. The predicted molar refractivity (Wildman–Crippen MR) is 74.9 cm³/mol. The van der Waals surface area contributed by atoms with E-state index in [1.165, 1.54) is 31.5 Å². The van der Waals surface area contributed by atoms with Gasteiger partial charge in [-0.3, -0.25) is 0 Å². The maximum absolute atomic E-state index is 5.99. The maximum atomic E-state index is 5.99. The molecule has 0 radical (unpaired) electrons. The third-order valence-electron chi connectivity index (χ3n) is 3.70. The highest BCUT2D eigenvalue weighted by atomic mass is 16.5. The van der Waals surface area contributed by atoms with Crippen molar-refractivity contribution in [2.24, 2.45) is 11.7 Å². The molecule has 0 atom stereocenters. The van der Waals surface area contributed by atoms with Gasteiger partial charge in [-0.15, -0.1) is 0 Å². The van der Waals surface area contributed by atoms with E-state index in [0.717, 1.165) is 18.8 Å². The second-order valence-corrected chi connectivity index (χ2v) is 5.20. The molecule has 0 aliphatic carbocycles. The van der Waals surface area contributed by atoms with E-state index >= 15 is 0 Å². The van der Waals surface area contributed by atoms with Gasteiger partial charge in [0, 0.05) is 0 Å². The van der Waals surface area contributed by atoms with Gasteiger partial charge in [0.1, 0.15) is 5.75 Å². The molecule has 0 bridgehead atoms. The fourth-order valence-electron chi connectivity index (χ4n) is 2.44. The SMILES string of the molecule is CN1CCC(COc2ccccc2CCN)CC1. The average molecular weight is 248 g/mol. The summed E-state index contributed by atoms with van der Waals surface area (Å²) in [7, 11) is 2.19. The number of piperidine rings is 1. The van der Waals surface area contributed by atoms with E-state index in [9.17, 15) is 0 Å². The van der Waals surface area contributed by atoms with Crippen molar-refractivity contribution in [3.05, 3.63) is 29.8 Å². The largest absolute Gasteiger partial charge is 0.493 e. The molecule has 0 saturated carbocycles. The van der Waals surface area contributed by atoms with Crippen LogP contribution in [0, 0.1) is 5.92 Å². The second-order valence-electron chi connectivity index (χ2n) is 5.20. The number of para-hydroxylation sites is 1. The Bertz CT molecular complexity index is 359. The molecule has 0 amide bonds. The number of hydrogen-bond acceptors (Lipinski definition) is 3. The van der Waals surface area contributed by atoms with Gasteiger partial charge < -0.3 is 15.4 Å². The molecule has 3 heteroatoms. The van der Waals surface area contributed by atoms with E-state index < -0.39 is 0 Å². The molecule has 1 aromatic carbocycles. The Hall–Kier alpha value is -1.06. The fraction of sp³-hybridized carbons (Fsp3) is 0.600. The zero-order valence-electron chi connectivity index (χ0n) is 11.3. The Kier molecular flexibility index (Phi) is 5.02. The van der Waals surface area contributed by atoms with Crippen molar-refractivity contribution < 1.29 is 4.74 Å². The highest BCUT2D eigenvalue weighted by Crippen LogP contribution is 2.22. The van der Waals surface area contributed by atoms with Crippen molar-refractivity contribution >= 4 is 0 Å². The Morgan fingerprint density at radius 3 is 2.72 bits per heavy atom. The van der Waals surface area contributed by atoms with E-state index in [0.29, 0.717) is 12.5 Å². The van der Waals surface area contributed by atoms with Crippen LogP contribution in [-0.2, 0) is 6.42 Å². The minimum absolute atomic E-state index is 0.675. The predicted octanol–water partition coefficient (Wildman–Crippen LogP) is 1.91. The van der Waals surface area contributed by atoms with Crippen molar-refractivity contribution in [2.75, 3.05) is 33.3 Å². The third kappa shape index (κ3) is 3.72. The summed E-state index contributed by atoms with van der Waals surface area (Å²) in [4.78, 5) is 2.39. The second kappa shape index (κ2) is 6.76. The van der Waals surface area contributed by atoms with Gasteiger partial charge in [0.15, 0.2) is 0 Å². The Labute approximate surface area is 110 Å². The molecule has 18 heavy (non-hydrogen) atoms. The van der Waals surface area contributed by atoms with Gasteiger partial charge in [0.25, 0.3) is 0 Å². The van der Waals surface area contributed by atoms with Crippen LogP contribution in [0.2, 0.25) is 0 Å². The van der Waals surface area contributed by atoms with Gasteiger partial charge >= 0.3 is 0 Å². The maximum Gasteiger partial charge on any atom is 0.122 e. The van der Waals surface area contributed by atoms with Crippen LogP contribution in [0.4, 0.5) is 0 Å². The summed E-state index contributed by atoms with van der Waals surface area (Å²) in [6.45, 7) is 3.90. The van der Waals surface area contributed by atoms with Crippen LogP contribution < -0.4 is 10.5 Å². The zero-order chi connectivity index (χ0) is 12.8. The van der Waals surface area contributed by atoms with Crippen LogP contribution in [0.1, 0.15) is 18.4 Å². The van der Waals surface area contributed by atoms with Crippen molar-refractivity contribution in [3.8, 4) is 5.75 Å². The number of nitrogens with two attached hydrogens (primary N) is 1. The summed E-state index contributed by atoms with van der Waals surface area (Å²) >= 11 is 0. The topological polar surface area (TPSA) is 38.5 Å². The van der Waals surface area contributed by atoms with E-state index in [1.54, 1.807) is 0 Å². The Balaban J connectivity index is 1.86. The molecule has 1 aromatic rings. The van der Waals surface area contributed by atoms with Crippen LogP contribution in [0.3, 0.4) is 0 Å². The molecule has 2 N–H and O–H groups in total. The summed E-state index contributed by atoms with van der Waals surface area (Å²) in [5.74, 6) is 1.72. The van der Waals surface area contributed by atoms with Gasteiger partial charge in [-0.25, -0.2) is 0 Å². The molecule has 1 fully saturated rings. The van der Waals surface area contributed by atoms with E-state index in [2.05, 4.69) is 24.1 Å². The van der Waals surface area contributed by atoms with Crippen molar-refractivity contribution in [2.45, 2.75) is 19.3 Å². The minimum atomic E-state index is 0.675. The Morgan fingerprint density at radius 1 is 1.28 bits per heavy atom. The Morgan fingerprint density at radius 2 is 2.00 bits per heavy atom. The van der Waals surface area contributed by atoms with E-state index in [-0.39, 0.29) is 0 Å². The average Bonchev–Trinajstić information content (AvgIpc) is 2.40. The molecule has 100 valence electrons. The molecule has 2 rings (SSSR count). The summed E-state index contributed by atoms with van der Waals surface area (Å²) in [5.41, 5.74) is 6.85. The van der Waals surface area contributed by atoms with E-state index in [1.807, 2.05) is 12.1 Å². The molecule has 1 aliphatic rings. The number of hydrogen-bond donors (Lipinski definition) is 1. The first-order chi connectivity index (χ1) is 8.79. The van der Waals surface area contributed by atoms with Gasteiger partial charge in [-0.2, -0.15) is 0 Å². The smallest absolute Gasteiger partial charge is 0.122 e.